The summed E-state index contributed by atoms with van der Waals surface area (Å²) in [5.41, 5.74) is 1.03. The molecule has 0 saturated carbocycles. The van der Waals surface area contributed by atoms with Crippen LogP contribution in [0.3, 0.4) is 0 Å². The fourth-order valence-corrected chi connectivity index (χ4v) is 5.40. The molecule has 178 valence electrons. The number of thiophene rings is 1. The predicted octanol–water partition coefficient (Wildman–Crippen LogP) is 5.82. The van der Waals surface area contributed by atoms with Crippen LogP contribution in [0.15, 0.2) is 41.9 Å². The summed E-state index contributed by atoms with van der Waals surface area (Å²) in [6.07, 6.45) is 1.51. The molecule has 0 bridgehead atoms. The largest absolute Gasteiger partial charge is 0.497 e. The van der Waals surface area contributed by atoms with Gasteiger partial charge in [0.25, 0.3) is 0 Å². The third-order valence-electron chi connectivity index (χ3n) is 6.36. The lowest BCUT2D eigenvalue weighted by molar-refractivity contribution is -0.146. The first kappa shape index (κ1) is 24.5. The van der Waals surface area contributed by atoms with Crippen LogP contribution >= 0.6 is 22.9 Å². The number of carboxylic acids is 1. The number of benzene rings is 1. The second-order valence-electron chi connectivity index (χ2n) is 8.46. The quantitative estimate of drug-likeness (QED) is 0.414. The van der Waals surface area contributed by atoms with E-state index in [1.54, 1.807) is 36.6 Å². The number of halogens is 2. The second kappa shape index (κ2) is 11.2. The van der Waals surface area contributed by atoms with Crippen molar-refractivity contribution >= 4 is 39.8 Å². The van der Waals surface area contributed by atoms with Crippen LogP contribution in [0.5, 0.6) is 5.75 Å². The molecule has 0 unspecified atom stereocenters. The minimum absolute atomic E-state index is 0.0985. The van der Waals surface area contributed by atoms with Gasteiger partial charge in [0.2, 0.25) is 0 Å². The number of piperidine rings is 1. The summed E-state index contributed by atoms with van der Waals surface area (Å²) in [7, 11) is 1.55. The third-order valence-corrected chi connectivity index (χ3v) is 7.45. The summed E-state index contributed by atoms with van der Waals surface area (Å²) < 4.78 is 20.8. The minimum Gasteiger partial charge on any atom is -0.497 e. The van der Waals surface area contributed by atoms with E-state index < -0.39 is 18.1 Å². The van der Waals surface area contributed by atoms with E-state index in [0.717, 1.165) is 11.4 Å². The molecule has 0 spiro atoms. The first-order valence-electron chi connectivity index (χ1n) is 11.2. The monoisotopic (exact) mass is 500 g/mol. The van der Waals surface area contributed by atoms with Gasteiger partial charge in [-0.2, -0.15) is 0 Å². The molecule has 1 aromatic carbocycles. The average Bonchev–Trinajstić information content (AvgIpc) is 3.36. The lowest BCUT2D eigenvalue weighted by atomic mass is 9.81. The average molecular weight is 501 g/mol. The van der Waals surface area contributed by atoms with Crippen molar-refractivity contribution in [2.24, 2.45) is 11.8 Å². The number of nitrogens with zero attached hydrogens (tertiary/aromatic N) is 2. The highest BCUT2D eigenvalue weighted by atomic mass is 35.5. The number of aromatic nitrogens is 1. The Bertz CT molecular complexity index is 1210. The van der Waals surface area contributed by atoms with Crippen LogP contribution in [0.2, 0.25) is 5.02 Å². The number of aliphatic carboxylic acids is 1. The van der Waals surface area contributed by atoms with Crippen LogP contribution in [0.25, 0.3) is 10.9 Å². The number of pyridine rings is 1. The SMILES string of the molecule is COc1ccc2ncc(Cl)c([C@@H](F)CC[C@H]3CCN(CC#Cc4cccs4)C[C@H]3C(=O)O)c2c1. The summed E-state index contributed by atoms with van der Waals surface area (Å²) in [6, 6.07) is 9.21. The molecule has 8 heteroatoms. The van der Waals surface area contributed by atoms with Crippen molar-refractivity contribution in [1.82, 2.24) is 9.88 Å². The van der Waals surface area contributed by atoms with Crippen molar-refractivity contribution in [2.75, 3.05) is 26.7 Å². The summed E-state index contributed by atoms with van der Waals surface area (Å²) in [4.78, 5) is 19.3. The molecule has 5 nitrogen and oxygen atoms in total. The van der Waals surface area contributed by atoms with Crippen LogP contribution in [0.4, 0.5) is 4.39 Å². The van der Waals surface area contributed by atoms with E-state index in [0.29, 0.717) is 48.1 Å². The predicted molar refractivity (Wildman–Crippen MR) is 133 cm³/mol. The van der Waals surface area contributed by atoms with Crippen molar-refractivity contribution in [3.05, 3.63) is 57.4 Å². The highest BCUT2D eigenvalue weighted by Crippen LogP contribution is 2.38. The number of fused-ring (bicyclic) bond motifs is 1. The summed E-state index contributed by atoms with van der Waals surface area (Å²) in [5.74, 6) is 5.37. The molecule has 1 aliphatic heterocycles. The first-order valence-corrected chi connectivity index (χ1v) is 12.5. The standard InChI is InChI=1S/C26H26ClFN2O3S/c1-33-18-7-9-24-20(14-18)25(22(27)15-29-24)23(28)8-6-17-10-12-30(16-21(17)26(31)32)11-2-4-19-5-3-13-34-19/h3,5,7,9,13-15,17,21,23H,6,8,10-12,16H2,1H3,(H,31,32)/t17-,21+,23-/m0/s1. The maximum atomic E-state index is 15.5. The first-order chi connectivity index (χ1) is 16.5. The molecule has 0 amide bonds. The number of methoxy groups -OCH3 is 1. The van der Waals surface area contributed by atoms with Gasteiger partial charge in [-0.3, -0.25) is 14.7 Å². The third kappa shape index (κ3) is 5.69. The fraction of sp³-hybridized carbons (Fsp3) is 0.385. The van der Waals surface area contributed by atoms with Crippen LogP contribution in [-0.4, -0.2) is 47.7 Å². The zero-order chi connectivity index (χ0) is 24.1. The Labute approximate surface area is 207 Å². The number of likely N-dealkylation sites (tertiary alicyclic amines) is 1. The molecule has 1 saturated heterocycles. The molecule has 1 N–H and O–H groups in total. The highest BCUT2D eigenvalue weighted by molar-refractivity contribution is 7.10. The highest BCUT2D eigenvalue weighted by Gasteiger charge is 2.34. The lowest BCUT2D eigenvalue weighted by Crippen LogP contribution is -2.44. The van der Waals surface area contributed by atoms with Crippen molar-refractivity contribution < 1.29 is 19.0 Å². The van der Waals surface area contributed by atoms with Crippen molar-refractivity contribution in [1.29, 1.82) is 0 Å². The van der Waals surface area contributed by atoms with Crippen LogP contribution in [-0.2, 0) is 4.79 Å². The molecule has 2 aromatic heterocycles. The number of ether oxygens (including phenoxy) is 1. The molecule has 1 aliphatic rings. The van der Waals surface area contributed by atoms with E-state index in [1.807, 2.05) is 17.5 Å². The molecular formula is C26H26ClFN2O3S. The van der Waals surface area contributed by atoms with Gasteiger partial charge in [0.1, 0.15) is 11.9 Å². The lowest BCUT2D eigenvalue weighted by Gasteiger charge is -2.36. The normalized spacial score (nSPS) is 19.4. The van der Waals surface area contributed by atoms with Gasteiger partial charge in [-0.05, 0) is 61.4 Å². The Kier molecular flexibility index (Phi) is 8.04. The summed E-state index contributed by atoms with van der Waals surface area (Å²) >= 11 is 7.93. The molecule has 3 heterocycles. The van der Waals surface area contributed by atoms with E-state index in [1.165, 1.54) is 6.20 Å². The van der Waals surface area contributed by atoms with Crippen molar-refractivity contribution in [3.8, 4) is 17.6 Å². The van der Waals surface area contributed by atoms with E-state index in [2.05, 4.69) is 21.7 Å². The maximum Gasteiger partial charge on any atom is 0.308 e. The van der Waals surface area contributed by atoms with Gasteiger partial charge in [0, 0.05) is 23.7 Å². The topological polar surface area (TPSA) is 62.7 Å². The molecule has 4 rings (SSSR count). The number of alkyl halides is 1. The smallest absolute Gasteiger partial charge is 0.308 e. The summed E-state index contributed by atoms with van der Waals surface area (Å²) in [5, 5.41) is 12.7. The van der Waals surface area contributed by atoms with Crippen LogP contribution in [0.1, 0.15) is 35.9 Å². The molecule has 0 aliphatic carbocycles. The fourth-order valence-electron chi connectivity index (χ4n) is 4.54. The van der Waals surface area contributed by atoms with Crippen molar-refractivity contribution in [3.63, 3.8) is 0 Å². The van der Waals surface area contributed by atoms with Gasteiger partial charge in [-0.25, -0.2) is 4.39 Å². The molecule has 1 fully saturated rings. The number of rotatable bonds is 7. The Morgan fingerprint density at radius 3 is 3.03 bits per heavy atom. The molecule has 0 radical (unpaired) electrons. The van der Waals surface area contributed by atoms with E-state index in [9.17, 15) is 9.90 Å². The second-order valence-corrected chi connectivity index (χ2v) is 9.81. The molecule has 34 heavy (non-hydrogen) atoms. The number of carboxylic acid groups (broad SMARTS) is 1. The number of hydrogen-bond acceptors (Lipinski definition) is 5. The van der Waals surface area contributed by atoms with Gasteiger partial charge in [0.05, 0.1) is 35.0 Å². The minimum atomic E-state index is -1.32. The van der Waals surface area contributed by atoms with E-state index >= 15 is 4.39 Å². The Balaban J connectivity index is 1.42. The van der Waals surface area contributed by atoms with E-state index in [-0.39, 0.29) is 17.4 Å². The van der Waals surface area contributed by atoms with Gasteiger partial charge in [-0.1, -0.05) is 29.5 Å². The Morgan fingerprint density at radius 1 is 1.44 bits per heavy atom. The van der Waals surface area contributed by atoms with Crippen LogP contribution < -0.4 is 4.74 Å². The maximum absolute atomic E-state index is 15.5. The molecule has 3 aromatic rings. The van der Waals surface area contributed by atoms with Gasteiger partial charge in [-0.15, -0.1) is 11.3 Å². The van der Waals surface area contributed by atoms with Gasteiger partial charge >= 0.3 is 5.97 Å². The van der Waals surface area contributed by atoms with E-state index in [4.69, 9.17) is 16.3 Å². The molecule has 3 atom stereocenters. The zero-order valence-corrected chi connectivity index (χ0v) is 20.4. The van der Waals surface area contributed by atoms with Gasteiger partial charge < -0.3 is 9.84 Å². The van der Waals surface area contributed by atoms with Crippen LogP contribution in [0, 0.1) is 23.7 Å². The molecular weight excluding hydrogens is 475 g/mol. The van der Waals surface area contributed by atoms with Gasteiger partial charge in [0.15, 0.2) is 0 Å². The number of hydrogen-bond donors (Lipinski definition) is 1. The summed E-state index contributed by atoms with van der Waals surface area (Å²) in [6.45, 7) is 1.70. The number of carbonyl (C=O) groups is 1. The zero-order valence-electron chi connectivity index (χ0n) is 18.8. The Morgan fingerprint density at radius 2 is 2.29 bits per heavy atom. The Hall–Kier alpha value is -2.66. The van der Waals surface area contributed by atoms with Crippen molar-refractivity contribution in [2.45, 2.75) is 25.4 Å².